The van der Waals surface area contributed by atoms with Gasteiger partial charge in [-0.3, -0.25) is 9.78 Å². The summed E-state index contributed by atoms with van der Waals surface area (Å²) in [5.74, 6) is -2.20. The van der Waals surface area contributed by atoms with Gasteiger partial charge in [-0.05, 0) is 6.07 Å². The predicted octanol–water partition coefficient (Wildman–Crippen LogP) is -0.571. The van der Waals surface area contributed by atoms with Gasteiger partial charge in [-0.25, -0.2) is 12.8 Å². The fraction of sp³-hybridized carbons (Fsp3) is 0.400. The summed E-state index contributed by atoms with van der Waals surface area (Å²) in [5, 5.41) is 18.4. The highest BCUT2D eigenvalue weighted by Gasteiger charge is 2.43. The maximum absolute atomic E-state index is 13.0. The van der Waals surface area contributed by atoms with Gasteiger partial charge in [0.2, 0.25) is 10.0 Å². The van der Waals surface area contributed by atoms with Crippen LogP contribution in [0.1, 0.15) is 6.42 Å². The van der Waals surface area contributed by atoms with Crippen molar-refractivity contribution in [2.24, 2.45) is 0 Å². The monoisotopic (exact) mass is 290 g/mol. The van der Waals surface area contributed by atoms with Crippen LogP contribution < -0.4 is 0 Å². The molecule has 19 heavy (non-hydrogen) atoms. The molecule has 104 valence electrons. The molecule has 1 aromatic heterocycles. The van der Waals surface area contributed by atoms with E-state index in [4.69, 9.17) is 5.11 Å². The standard InChI is InChI=1S/C10H11FN2O5S/c11-6-1-8(4-12-3-6)19(17,18)13-5-7(14)2-9(13)10(15)16/h1,3-4,7,9,14H,2,5H2,(H,15,16). The summed E-state index contributed by atoms with van der Waals surface area (Å²) in [6.45, 7) is -0.337. The van der Waals surface area contributed by atoms with Crippen molar-refractivity contribution in [3.63, 3.8) is 0 Å². The Morgan fingerprint density at radius 1 is 1.47 bits per heavy atom. The smallest absolute Gasteiger partial charge is 0.322 e. The Morgan fingerprint density at radius 3 is 2.74 bits per heavy atom. The van der Waals surface area contributed by atoms with Gasteiger partial charge >= 0.3 is 5.97 Å². The molecule has 0 aromatic carbocycles. The van der Waals surface area contributed by atoms with Crippen molar-refractivity contribution in [3.8, 4) is 0 Å². The molecule has 2 unspecified atom stereocenters. The van der Waals surface area contributed by atoms with Crippen molar-refractivity contribution < 1.29 is 27.8 Å². The van der Waals surface area contributed by atoms with E-state index >= 15 is 0 Å². The molecule has 2 atom stereocenters. The summed E-state index contributed by atoms with van der Waals surface area (Å²) in [6.07, 6.45) is 0.517. The predicted molar refractivity (Wildman–Crippen MR) is 60.1 cm³/mol. The molecule has 0 spiro atoms. The van der Waals surface area contributed by atoms with E-state index < -0.39 is 38.9 Å². The summed E-state index contributed by atoms with van der Waals surface area (Å²) >= 11 is 0. The zero-order chi connectivity index (χ0) is 14.2. The highest BCUT2D eigenvalue weighted by Crippen LogP contribution is 2.26. The fourth-order valence-electron chi connectivity index (χ4n) is 1.94. The number of hydrogen-bond donors (Lipinski definition) is 2. The van der Waals surface area contributed by atoms with Gasteiger partial charge in [0.15, 0.2) is 0 Å². The van der Waals surface area contributed by atoms with Gasteiger partial charge in [0.05, 0.1) is 12.3 Å². The van der Waals surface area contributed by atoms with E-state index in [-0.39, 0.29) is 13.0 Å². The lowest BCUT2D eigenvalue weighted by molar-refractivity contribution is -0.140. The third-order valence-corrected chi connectivity index (χ3v) is 4.65. The number of aliphatic hydroxyl groups excluding tert-OH is 1. The number of aliphatic hydroxyl groups is 1. The van der Waals surface area contributed by atoms with Gasteiger partial charge in [0, 0.05) is 19.2 Å². The highest BCUT2D eigenvalue weighted by atomic mass is 32.2. The average Bonchev–Trinajstić information content (AvgIpc) is 2.72. The van der Waals surface area contributed by atoms with Gasteiger partial charge < -0.3 is 10.2 Å². The van der Waals surface area contributed by atoms with E-state index in [1.807, 2.05) is 0 Å². The molecule has 1 fully saturated rings. The Balaban J connectivity index is 2.41. The van der Waals surface area contributed by atoms with Crippen molar-refractivity contribution >= 4 is 16.0 Å². The minimum Gasteiger partial charge on any atom is -0.480 e. The molecule has 0 amide bonds. The number of nitrogens with zero attached hydrogens (tertiary/aromatic N) is 2. The van der Waals surface area contributed by atoms with E-state index in [0.717, 1.165) is 18.5 Å². The fourth-order valence-corrected chi connectivity index (χ4v) is 3.55. The highest BCUT2D eigenvalue weighted by molar-refractivity contribution is 7.89. The first-order valence-corrected chi connectivity index (χ1v) is 6.79. The summed E-state index contributed by atoms with van der Waals surface area (Å²) < 4.78 is 38.0. The Kier molecular flexibility index (Phi) is 3.52. The molecule has 2 N–H and O–H groups in total. The number of sulfonamides is 1. The number of carboxylic acid groups (broad SMARTS) is 1. The second-order valence-corrected chi connectivity index (χ2v) is 6.05. The molecule has 0 saturated carbocycles. The van der Waals surface area contributed by atoms with Crippen LogP contribution in [-0.4, -0.2) is 52.6 Å². The quantitative estimate of drug-likeness (QED) is 0.772. The molecule has 0 aliphatic carbocycles. The third-order valence-electron chi connectivity index (χ3n) is 2.81. The Hall–Kier alpha value is -1.58. The van der Waals surface area contributed by atoms with Gasteiger partial charge in [-0.2, -0.15) is 4.31 Å². The largest absolute Gasteiger partial charge is 0.480 e. The molecule has 2 heterocycles. The number of aromatic nitrogens is 1. The molecule has 1 saturated heterocycles. The molecular formula is C10H11FN2O5S. The number of hydrogen-bond acceptors (Lipinski definition) is 5. The number of halogens is 1. The Morgan fingerprint density at radius 2 is 2.16 bits per heavy atom. The molecule has 1 aliphatic heterocycles. The van der Waals surface area contributed by atoms with Crippen LogP contribution in [0.2, 0.25) is 0 Å². The van der Waals surface area contributed by atoms with Crippen LogP contribution in [0.25, 0.3) is 0 Å². The van der Waals surface area contributed by atoms with Crippen LogP contribution >= 0.6 is 0 Å². The first kappa shape index (κ1) is 13.8. The average molecular weight is 290 g/mol. The minimum atomic E-state index is -4.20. The van der Waals surface area contributed by atoms with E-state index in [1.54, 1.807) is 0 Å². The number of carbonyl (C=O) groups is 1. The summed E-state index contributed by atoms with van der Waals surface area (Å²) in [7, 11) is -4.20. The molecule has 0 bridgehead atoms. The van der Waals surface area contributed by atoms with Crippen molar-refractivity contribution in [2.75, 3.05) is 6.54 Å². The number of rotatable bonds is 3. The molecule has 9 heteroatoms. The van der Waals surface area contributed by atoms with Crippen LogP contribution in [0.5, 0.6) is 0 Å². The minimum absolute atomic E-state index is 0.197. The van der Waals surface area contributed by atoms with Crippen molar-refractivity contribution in [1.82, 2.24) is 9.29 Å². The van der Waals surface area contributed by atoms with E-state index in [2.05, 4.69) is 4.98 Å². The van der Waals surface area contributed by atoms with E-state index in [1.165, 1.54) is 0 Å². The van der Waals surface area contributed by atoms with Gasteiger partial charge in [-0.1, -0.05) is 0 Å². The zero-order valence-corrected chi connectivity index (χ0v) is 10.4. The lowest BCUT2D eigenvalue weighted by atomic mass is 10.2. The molecular weight excluding hydrogens is 279 g/mol. The second-order valence-electron chi connectivity index (χ2n) is 4.16. The van der Waals surface area contributed by atoms with Crippen LogP contribution in [-0.2, 0) is 14.8 Å². The second kappa shape index (κ2) is 4.83. The van der Waals surface area contributed by atoms with Gasteiger partial charge in [0.25, 0.3) is 0 Å². The first-order valence-electron chi connectivity index (χ1n) is 5.35. The number of β-amino-alcohol motifs (C(OH)–C–C–N with tert-alkyl or cyclic N) is 1. The van der Waals surface area contributed by atoms with Crippen molar-refractivity contribution in [3.05, 3.63) is 24.3 Å². The summed E-state index contributed by atoms with van der Waals surface area (Å²) in [4.78, 5) is 14.0. The normalized spacial score (nSPS) is 24.5. The molecule has 0 radical (unpaired) electrons. The molecule has 1 aromatic rings. The van der Waals surface area contributed by atoms with Crippen LogP contribution in [0.15, 0.2) is 23.4 Å². The topological polar surface area (TPSA) is 108 Å². The lowest BCUT2D eigenvalue weighted by Gasteiger charge is -2.20. The van der Waals surface area contributed by atoms with Gasteiger partial charge in [-0.15, -0.1) is 0 Å². The first-order chi connectivity index (χ1) is 8.82. The zero-order valence-electron chi connectivity index (χ0n) is 9.60. The van der Waals surface area contributed by atoms with E-state index in [9.17, 15) is 22.7 Å². The maximum Gasteiger partial charge on any atom is 0.322 e. The number of pyridine rings is 1. The maximum atomic E-state index is 13.0. The molecule has 7 nitrogen and oxygen atoms in total. The van der Waals surface area contributed by atoms with Gasteiger partial charge in [0.1, 0.15) is 16.8 Å². The summed E-state index contributed by atoms with van der Waals surface area (Å²) in [6, 6.07) is -0.602. The van der Waals surface area contributed by atoms with E-state index in [0.29, 0.717) is 4.31 Å². The van der Waals surface area contributed by atoms with Crippen LogP contribution in [0, 0.1) is 5.82 Å². The third kappa shape index (κ3) is 2.57. The Labute approximate surface area is 108 Å². The SMILES string of the molecule is O=C(O)C1CC(O)CN1S(=O)(=O)c1cncc(F)c1. The molecule has 2 rings (SSSR count). The lowest BCUT2D eigenvalue weighted by Crippen LogP contribution is -2.40. The van der Waals surface area contributed by atoms with Crippen LogP contribution in [0.3, 0.4) is 0 Å². The Bertz CT molecular complexity index is 606. The number of aliphatic carboxylic acids is 1. The van der Waals surface area contributed by atoms with Crippen molar-refractivity contribution in [1.29, 1.82) is 0 Å². The summed E-state index contributed by atoms with van der Waals surface area (Å²) in [5.41, 5.74) is 0. The van der Waals surface area contributed by atoms with Crippen molar-refractivity contribution in [2.45, 2.75) is 23.5 Å². The number of carboxylic acids is 1. The van der Waals surface area contributed by atoms with Crippen LogP contribution in [0.4, 0.5) is 4.39 Å². The molecule has 1 aliphatic rings.